The van der Waals surface area contributed by atoms with E-state index in [1.165, 1.54) is 24.3 Å². The zero-order chi connectivity index (χ0) is 19.5. The number of carbonyl (C=O) groups is 1. The molecule has 0 spiro atoms. The smallest absolute Gasteiger partial charge is 0.255 e. The number of nitrogens with zero attached hydrogens (tertiary/aromatic N) is 2. The van der Waals surface area contributed by atoms with Gasteiger partial charge in [0.25, 0.3) is 5.91 Å². The van der Waals surface area contributed by atoms with Crippen molar-refractivity contribution in [2.45, 2.75) is 6.92 Å². The van der Waals surface area contributed by atoms with Crippen LogP contribution < -0.4 is 5.32 Å². The lowest BCUT2D eigenvalue weighted by Crippen LogP contribution is -2.11. The van der Waals surface area contributed by atoms with Gasteiger partial charge in [0.15, 0.2) is 0 Å². The number of aryl methyl sites for hydroxylation is 1. The van der Waals surface area contributed by atoms with Gasteiger partial charge in [-0.15, -0.1) is 10.2 Å². The largest absolute Gasteiger partial charge is 0.416 e. The number of carbonyl (C=O) groups excluding carboxylic acids is 1. The maximum absolute atomic E-state index is 12.9. The van der Waals surface area contributed by atoms with Crippen LogP contribution in [0.15, 0.2) is 77.2 Å². The van der Waals surface area contributed by atoms with E-state index in [0.717, 1.165) is 11.1 Å². The predicted molar refractivity (Wildman–Crippen MR) is 104 cm³/mol. The molecule has 3 aromatic carbocycles. The Hall–Kier alpha value is -3.80. The van der Waals surface area contributed by atoms with Crippen LogP contribution in [-0.2, 0) is 0 Å². The van der Waals surface area contributed by atoms with Gasteiger partial charge in [0.05, 0.1) is 0 Å². The van der Waals surface area contributed by atoms with E-state index in [2.05, 4.69) is 15.5 Å². The van der Waals surface area contributed by atoms with Gasteiger partial charge < -0.3 is 9.73 Å². The topological polar surface area (TPSA) is 68.0 Å². The molecule has 0 aliphatic rings. The van der Waals surface area contributed by atoms with Crippen molar-refractivity contribution in [3.8, 4) is 22.9 Å². The normalized spacial score (nSPS) is 10.6. The molecule has 0 atom stereocenters. The first kappa shape index (κ1) is 17.6. The zero-order valence-electron chi connectivity index (χ0n) is 15.0. The third-order valence-electron chi connectivity index (χ3n) is 4.19. The number of nitrogens with one attached hydrogen (secondary N) is 1. The minimum Gasteiger partial charge on any atom is -0.416 e. The van der Waals surface area contributed by atoms with Crippen molar-refractivity contribution in [3.05, 3.63) is 89.7 Å². The van der Waals surface area contributed by atoms with Crippen LogP contribution in [0.4, 0.5) is 10.1 Å². The molecule has 1 heterocycles. The number of anilines is 1. The second kappa shape index (κ2) is 7.44. The summed E-state index contributed by atoms with van der Waals surface area (Å²) in [7, 11) is 0. The van der Waals surface area contributed by atoms with E-state index in [-0.39, 0.29) is 11.7 Å². The van der Waals surface area contributed by atoms with Gasteiger partial charge in [0, 0.05) is 22.4 Å². The third-order valence-corrected chi connectivity index (χ3v) is 4.19. The summed E-state index contributed by atoms with van der Waals surface area (Å²) in [6.45, 7) is 2.00. The first-order valence-corrected chi connectivity index (χ1v) is 8.66. The fraction of sp³-hybridized carbons (Fsp3) is 0.0455. The standard InChI is InChI=1S/C22H16FN3O2/c1-14-3-2-4-17(13-14)22-26-25-21(28-22)16-7-5-15(6-8-16)20(27)24-19-11-9-18(23)10-12-19/h2-13H,1H3,(H,24,27). The zero-order valence-corrected chi connectivity index (χ0v) is 15.0. The highest BCUT2D eigenvalue weighted by Crippen LogP contribution is 2.24. The number of halogens is 1. The van der Waals surface area contributed by atoms with Crippen LogP contribution in [0.5, 0.6) is 0 Å². The molecule has 0 aliphatic carbocycles. The number of benzene rings is 3. The summed E-state index contributed by atoms with van der Waals surface area (Å²) in [6.07, 6.45) is 0. The Kier molecular flexibility index (Phi) is 4.68. The molecule has 0 saturated heterocycles. The van der Waals surface area contributed by atoms with Gasteiger partial charge in [-0.25, -0.2) is 4.39 Å². The summed E-state index contributed by atoms with van der Waals surface area (Å²) in [5, 5.41) is 10.9. The van der Waals surface area contributed by atoms with E-state index in [9.17, 15) is 9.18 Å². The summed E-state index contributed by atoms with van der Waals surface area (Å²) >= 11 is 0. The Balaban J connectivity index is 1.50. The van der Waals surface area contributed by atoms with Crippen LogP contribution in [0.25, 0.3) is 22.9 Å². The summed E-state index contributed by atoms with van der Waals surface area (Å²) in [5.74, 6) is 0.176. The molecule has 0 bridgehead atoms. The second-order valence-corrected chi connectivity index (χ2v) is 6.32. The molecule has 0 aliphatic heterocycles. The predicted octanol–water partition coefficient (Wildman–Crippen LogP) is 5.10. The van der Waals surface area contributed by atoms with Gasteiger partial charge in [-0.2, -0.15) is 0 Å². The average molecular weight is 373 g/mol. The van der Waals surface area contributed by atoms with Crippen LogP contribution in [0.1, 0.15) is 15.9 Å². The summed E-state index contributed by atoms with van der Waals surface area (Å²) < 4.78 is 18.7. The van der Waals surface area contributed by atoms with Gasteiger partial charge in [0.1, 0.15) is 5.82 Å². The monoisotopic (exact) mass is 373 g/mol. The van der Waals surface area contributed by atoms with Gasteiger partial charge >= 0.3 is 0 Å². The van der Waals surface area contributed by atoms with Crippen molar-refractivity contribution in [1.29, 1.82) is 0 Å². The van der Waals surface area contributed by atoms with Gasteiger partial charge in [-0.05, 0) is 67.6 Å². The van der Waals surface area contributed by atoms with Crippen LogP contribution in [-0.4, -0.2) is 16.1 Å². The van der Waals surface area contributed by atoms with Crippen LogP contribution >= 0.6 is 0 Å². The van der Waals surface area contributed by atoms with Crippen molar-refractivity contribution in [3.63, 3.8) is 0 Å². The van der Waals surface area contributed by atoms with E-state index in [1.54, 1.807) is 24.3 Å². The molecular formula is C22H16FN3O2. The molecule has 0 unspecified atom stereocenters. The summed E-state index contributed by atoms with van der Waals surface area (Å²) in [6, 6.07) is 20.2. The molecule has 1 aromatic heterocycles. The van der Waals surface area contributed by atoms with E-state index in [1.807, 2.05) is 31.2 Å². The molecular weight excluding hydrogens is 357 g/mol. The van der Waals surface area contributed by atoms with Crippen molar-refractivity contribution in [2.75, 3.05) is 5.32 Å². The van der Waals surface area contributed by atoms with Crippen molar-refractivity contribution in [2.24, 2.45) is 0 Å². The maximum Gasteiger partial charge on any atom is 0.255 e. The summed E-state index contributed by atoms with van der Waals surface area (Å²) in [5.41, 5.74) is 3.66. The lowest BCUT2D eigenvalue weighted by Gasteiger charge is -2.05. The second-order valence-electron chi connectivity index (χ2n) is 6.32. The number of rotatable bonds is 4. The molecule has 28 heavy (non-hydrogen) atoms. The Morgan fingerprint density at radius 1 is 0.893 bits per heavy atom. The average Bonchev–Trinajstić information content (AvgIpc) is 3.20. The fourth-order valence-electron chi connectivity index (χ4n) is 2.74. The quantitative estimate of drug-likeness (QED) is 0.540. The fourth-order valence-corrected chi connectivity index (χ4v) is 2.74. The SMILES string of the molecule is Cc1cccc(-c2nnc(-c3ccc(C(=O)Nc4ccc(F)cc4)cc3)o2)c1. The van der Waals surface area contributed by atoms with Gasteiger partial charge in [0.2, 0.25) is 11.8 Å². The van der Waals surface area contributed by atoms with Crippen LogP contribution in [0.3, 0.4) is 0 Å². The molecule has 6 heteroatoms. The van der Waals surface area contributed by atoms with Crippen molar-refractivity contribution < 1.29 is 13.6 Å². The molecule has 5 nitrogen and oxygen atoms in total. The molecule has 1 amide bonds. The molecule has 0 fully saturated rings. The Labute approximate surface area is 160 Å². The lowest BCUT2D eigenvalue weighted by atomic mass is 10.1. The lowest BCUT2D eigenvalue weighted by molar-refractivity contribution is 0.102. The highest BCUT2D eigenvalue weighted by molar-refractivity contribution is 6.04. The molecule has 4 aromatic rings. The third kappa shape index (κ3) is 3.81. The van der Waals surface area contributed by atoms with E-state index in [0.29, 0.717) is 28.6 Å². The molecule has 0 saturated carbocycles. The first-order valence-electron chi connectivity index (χ1n) is 8.66. The number of hydrogen-bond acceptors (Lipinski definition) is 4. The molecule has 4 rings (SSSR count). The first-order chi connectivity index (χ1) is 13.6. The minimum atomic E-state index is -0.355. The molecule has 138 valence electrons. The van der Waals surface area contributed by atoms with E-state index < -0.39 is 0 Å². The number of aromatic nitrogens is 2. The van der Waals surface area contributed by atoms with E-state index >= 15 is 0 Å². The number of hydrogen-bond donors (Lipinski definition) is 1. The Bertz CT molecular complexity index is 1120. The highest BCUT2D eigenvalue weighted by Gasteiger charge is 2.12. The van der Waals surface area contributed by atoms with Gasteiger partial charge in [-0.3, -0.25) is 4.79 Å². The molecule has 1 N–H and O–H groups in total. The maximum atomic E-state index is 12.9. The van der Waals surface area contributed by atoms with Crippen LogP contribution in [0.2, 0.25) is 0 Å². The van der Waals surface area contributed by atoms with Crippen LogP contribution in [0, 0.1) is 12.7 Å². The Morgan fingerprint density at radius 2 is 1.57 bits per heavy atom. The summed E-state index contributed by atoms with van der Waals surface area (Å²) in [4.78, 5) is 12.3. The van der Waals surface area contributed by atoms with Gasteiger partial charge in [-0.1, -0.05) is 17.7 Å². The number of amides is 1. The van der Waals surface area contributed by atoms with E-state index in [4.69, 9.17) is 4.42 Å². The van der Waals surface area contributed by atoms with Crippen molar-refractivity contribution in [1.82, 2.24) is 10.2 Å². The highest BCUT2D eigenvalue weighted by atomic mass is 19.1. The molecule has 0 radical (unpaired) electrons. The minimum absolute atomic E-state index is 0.288. The van der Waals surface area contributed by atoms with Crippen molar-refractivity contribution >= 4 is 11.6 Å². The Morgan fingerprint density at radius 3 is 2.25 bits per heavy atom.